The van der Waals surface area contributed by atoms with Crippen LogP contribution >= 0.6 is 0 Å². The molecule has 2 aliphatic heterocycles. The molecule has 0 radical (unpaired) electrons. The molecule has 0 saturated carbocycles. The monoisotopic (exact) mass is 560 g/mol. The minimum atomic E-state index is -3.27. The van der Waals surface area contributed by atoms with Gasteiger partial charge in [-0.25, -0.2) is 8.42 Å². The number of carbonyl (C=O) groups excluding carboxylic acids is 3. The molecule has 2 fully saturated rings. The molecule has 39 heavy (non-hydrogen) atoms. The van der Waals surface area contributed by atoms with Crippen molar-refractivity contribution in [1.29, 1.82) is 0 Å². The van der Waals surface area contributed by atoms with Crippen LogP contribution in [0.3, 0.4) is 0 Å². The number of hydrogen-bond acceptors (Lipinski definition) is 7. The lowest BCUT2D eigenvalue weighted by atomic mass is 9.85. The highest BCUT2D eigenvalue weighted by molar-refractivity contribution is 7.88. The van der Waals surface area contributed by atoms with Gasteiger partial charge < -0.3 is 20.9 Å². The number of nitrogens with one attached hydrogen (secondary N) is 3. The van der Waals surface area contributed by atoms with E-state index in [2.05, 4.69) is 20.9 Å². The molecule has 0 aliphatic carbocycles. The number of pyridine rings is 1. The van der Waals surface area contributed by atoms with E-state index in [0.717, 1.165) is 16.5 Å². The second-order valence-corrected chi connectivity index (χ2v) is 13.0. The Labute approximate surface area is 230 Å². The van der Waals surface area contributed by atoms with Crippen LogP contribution in [0.2, 0.25) is 0 Å². The maximum atomic E-state index is 13.3. The van der Waals surface area contributed by atoms with Crippen LogP contribution in [0.1, 0.15) is 40.5 Å². The fraction of sp³-hybridized carbons (Fsp3) is 0.556. The average molecular weight is 561 g/mol. The summed E-state index contributed by atoms with van der Waals surface area (Å²) in [4.78, 5) is 41.7. The highest BCUT2D eigenvalue weighted by atomic mass is 32.2. The zero-order chi connectivity index (χ0) is 29.0. The molecule has 2 saturated heterocycles. The minimum absolute atomic E-state index is 0.110. The number of benzene rings is 1. The molecule has 4 atom stereocenters. The van der Waals surface area contributed by atoms with E-state index in [1.54, 1.807) is 31.3 Å². The Hall–Kier alpha value is -3.09. The molecule has 0 bridgehead atoms. The molecular weight excluding hydrogens is 520 g/mol. The third kappa shape index (κ3) is 7.11. The van der Waals surface area contributed by atoms with Gasteiger partial charge in [0.1, 0.15) is 6.04 Å². The molecule has 3 N–H and O–H groups in total. The van der Waals surface area contributed by atoms with Crippen LogP contribution in [-0.4, -0.2) is 91.4 Å². The Balaban J connectivity index is 0.000000268. The molecule has 11 nitrogen and oxygen atoms in total. The molecule has 2 aliphatic rings. The number of rotatable bonds is 7. The lowest BCUT2D eigenvalue weighted by molar-refractivity contribution is -0.140. The van der Waals surface area contributed by atoms with Gasteiger partial charge in [0.15, 0.2) is 0 Å². The van der Waals surface area contributed by atoms with E-state index in [-0.39, 0.29) is 23.9 Å². The Morgan fingerprint density at radius 3 is 2.44 bits per heavy atom. The van der Waals surface area contributed by atoms with Crippen LogP contribution in [0.5, 0.6) is 0 Å². The molecule has 2 aromatic rings. The minimum Gasteiger partial charge on any atom is -0.342 e. The lowest BCUT2D eigenvalue weighted by Crippen LogP contribution is -2.58. The van der Waals surface area contributed by atoms with Crippen LogP contribution < -0.4 is 16.0 Å². The standard InChI is InChI=1S/C17H32N4O4S.C10H8N2O/c1-11(18-5)15(22)19-14(17(2,3)4)16(23)20-9-7-13-12(20)8-10-21(13)26(6,24)25;13-7-12-10-3-1-2-8-6-11-5-4-9(8)10/h11-14,18H,7-10H2,1-6H3,(H,19,22);1-7H,(H,12,13)/t11-,12?,13?,14?;/m0./s1. The summed E-state index contributed by atoms with van der Waals surface area (Å²) in [6.07, 6.45) is 6.65. The third-order valence-electron chi connectivity index (χ3n) is 7.36. The van der Waals surface area contributed by atoms with Crippen LogP contribution in [0.4, 0.5) is 5.69 Å². The SMILES string of the molecule is CN[C@@H](C)C(=O)NC(C(=O)N1CCC2C1CCN2S(C)(=O)=O)C(C)(C)C.O=CNc1cccc2cnccc12. The van der Waals surface area contributed by atoms with Gasteiger partial charge in [0.25, 0.3) is 0 Å². The summed E-state index contributed by atoms with van der Waals surface area (Å²) < 4.78 is 25.4. The molecule has 214 valence electrons. The number of anilines is 1. The molecule has 3 heterocycles. The maximum Gasteiger partial charge on any atom is 0.245 e. The fourth-order valence-corrected chi connectivity index (χ4v) is 6.33. The second kappa shape index (κ2) is 12.4. The first-order valence-corrected chi connectivity index (χ1v) is 14.9. The number of nitrogens with zero attached hydrogens (tertiary/aromatic N) is 3. The molecule has 1 aromatic heterocycles. The summed E-state index contributed by atoms with van der Waals surface area (Å²) >= 11 is 0. The average Bonchev–Trinajstić information content (AvgIpc) is 3.48. The van der Waals surface area contributed by atoms with E-state index >= 15 is 0 Å². The maximum absolute atomic E-state index is 13.3. The van der Waals surface area contributed by atoms with Crippen LogP contribution in [0, 0.1) is 5.41 Å². The predicted octanol–water partition coefficient (Wildman–Crippen LogP) is 1.56. The van der Waals surface area contributed by atoms with Crippen LogP contribution in [0.15, 0.2) is 36.7 Å². The number of hydrogen-bond donors (Lipinski definition) is 3. The first kappa shape index (κ1) is 30.5. The smallest absolute Gasteiger partial charge is 0.245 e. The topological polar surface area (TPSA) is 141 Å². The van der Waals surface area contributed by atoms with Gasteiger partial charge in [0.2, 0.25) is 28.2 Å². The second-order valence-electron chi connectivity index (χ2n) is 11.1. The number of sulfonamides is 1. The van der Waals surface area contributed by atoms with Crippen molar-refractivity contribution < 1.29 is 22.8 Å². The summed E-state index contributed by atoms with van der Waals surface area (Å²) in [5.41, 5.74) is 0.364. The number of carbonyl (C=O) groups is 3. The van der Waals surface area contributed by atoms with Crippen LogP contribution in [-0.2, 0) is 24.4 Å². The fourth-order valence-electron chi connectivity index (χ4n) is 5.16. The van der Waals surface area contributed by atoms with E-state index in [1.807, 2.05) is 45.0 Å². The third-order valence-corrected chi connectivity index (χ3v) is 8.66. The molecular formula is C27H40N6O5S. The Kier molecular flexibility index (Phi) is 9.68. The number of aromatic nitrogens is 1. The molecule has 1 aromatic carbocycles. The Morgan fingerprint density at radius 2 is 1.82 bits per heavy atom. The summed E-state index contributed by atoms with van der Waals surface area (Å²) in [6, 6.07) is 6.26. The van der Waals surface area contributed by atoms with E-state index in [9.17, 15) is 22.8 Å². The van der Waals surface area contributed by atoms with Gasteiger partial charge >= 0.3 is 0 Å². The van der Waals surface area contributed by atoms with Crippen molar-refractivity contribution in [2.75, 3.05) is 31.7 Å². The first-order valence-electron chi connectivity index (χ1n) is 13.1. The van der Waals surface area contributed by atoms with Crippen molar-refractivity contribution in [3.8, 4) is 0 Å². The van der Waals surface area contributed by atoms with E-state index < -0.39 is 27.5 Å². The van der Waals surface area contributed by atoms with Crippen LogP contribution in [0.25, 0.3) is 10.8 Å². The Bertz CT molecular complexity index is 1290. The molecule has 3 amide bonds. The first-order chi connectivity index (χ1) is 18.3. The summed E-state index contributed by atoms with van der Waals surface area (Å²) in [5.74, 6) is -0.349. The molecule has 4 rings (SSSR count). The van der Waals surface area contributed by atoms with Crippen molar-refractivity contribution in [3.05, 3.63) is 36.7 Å². The normalized spacial score (nSPS) is 20.9. The van der Waals surface area contributed by atoms with E-state index in [4.69, 9.17) is 0 Å². The largest absolute Gasteiger partial charge is 0.342 e. The predicted molar refractivity (Wildman–Crippen MR) is 151 cm³/mol. The number of amides is 3. The van der Waals surface area contributed by atoms with Gasteiger partial charge in [0, 0.05) is 54.0 Å². The zero-order valence-corrected chi connectivity index (χ0v) is 24.3. The van der Waals surface area contributed by atoms with E-state index in [1.165, 1.54) is 10.6 Å². The van der Waals surface area contributed by atoms with Crippen molar-refractivity contribution in [2.24, 2.45) is 5.41 Å². The van der Waals surface area contributed by atoms with Crippen molar-refractivity contribution in [2.45, 2.75) is 64.7 Å². The van der Waals surface area contributed by atoms with Gasteiger partial charge in [-0.2, -0.15) is 4.31 Å². The number of likely N-dealkylation sites (tertiary alicyclic amines) is 1. The van der Waals surface area contributed by atoms with E-state index in [0.29, 0.717) is 32.3 Å². The molecule has 12 heteroatoms. The quantitative estimate of drug-likeness (QED) is 0.437. The van der Waals surface area contributed by atoms with Gasteiger partial charge in [-0.3, -0.25) is 19.4 Å². The van der Waals surface area contributed by atoms with Crippen molar-refractivity contribution in [1.82, 2.24) is 24.8 Å². The highest BCUT2D eigenvalue weighted by Crippen LogP contribution is 2.35. The molecule has 3 unspecified atom stereocenters. The molecule has 0 spiro atoms. The van der Waals surface area contributed by atoms with Gasteiger partial charge in [-0.1, -0.05) is 32.9 Å². The van der Waals surface area contributed by atoms with Gasteiger partial charge in [0.05, 0.1) is 12.3 Å². The lowest BCUT2D eigenvalue weighted by Gasteiger charge is -2.36. The highest BCUT2D eigenvalue weighted by Gasteiger charge is 2.49. The number of likely N-dealkylation sites (N-methyl/N-ethyl adjacent to an activating group) is 1. The zero-order valence-electron chi connectivity index (χ0n) is 23.5. The summed E-state index contributed by atoms with van der Waals surface area (Å²) in [5, 5.41) is 10.4. The van der Waals surface area contributed by atoms with Crippen molar-refractivity contribution >= 4 is 44.7 Å². The number of fused-ring (bicyclic) bond motifs is 2. The van der Waals surface area contributed by atoms with Crippen molar-refractivity contribution in [3.63, 3.8) is 0 Å². The Morgan fingerprint density at radius 1 is 1.13 bits per heavy atom. The summed E-state index contributed by atoms with van der Waals surface area (Å²) in [6.45, 7) is 8.47. The van der Waals surface area contributed by atoms with Gasteiger partial charge in [-0.05, 0) is 44.4 Å². The summed E-state index contributed by atoms with van der Waals surface area (Å²) in [7, 11) is -1.57. The van der Waals surface area contributed by atoms with Gasteiger partial charge in [-0.15, -0.1) is 0 Å².